The third-order valence-electron chi connectivity index (χ3n) is 5.39. The highest BCUT2D eigenvalue weighted by Crippen LogP contribution is 2.30. The number of sulfonamides is 1. The van der Waals surface area contributed by atoms with E-state index in [0.717, 1.165) is 27.5 Å². The number of fused-ring (bicyclic) bond motifs is 1. The molecule has 2 aromatic carbocycles. The molecule has 1 aromatic heterocycles. The third-order valence-corrected chi connectivity index (χ3v) is 7.20. The van der Waals surface area contributed by atoms with Crippen LogP contribution in [0.2, 0.25) is 0 Å². The maximum Gasteiger partial charge on any atom is 0.243 e. The zero-order valence-electron chi connectivity index (χ0n) is 16.5. The minimum atomic E-state index is -3.86. The van der Waals surface area contributed by atoms with Crippen molar-refractivity contribution in [3.05, 3.63) is 60.2 Å². The Hall–Kier alpha value is -2.78. The van der Waals surface area contributed by atoms with E-state index in [1.54, 1.807) is 4.90 Å². The van der Waals surface area contributed by atoms with E-state index in [-0.39, 0.29) is 23.3 Å². The maximum absolute atomic E-state index is 13.1. The lowest BCUT2D eigenvalue weighted by Gasteiger charge is -2.31. The van der Waals surface area contributed by atoms with Gasteiger partial charge in [0.2, 0.25) is 15.9 Å². The molecule has 0 bridgehead atoms. The number of piperidine rings is 1. The van der Waals surface area contributed by atoms with E-state index in [0.29, 0.717) is 31.8 Å². The van der Waals surface area contributed by atoms with Crippen LogP contribution < -0.4 is 0 Å². The van der Waals surface area contributed by atoms with Crippen LogP contribution >= 0.6 is 0 Å². The van der Waals surface area contributed by atoms with Crippen molar-refractivity contribution in [3.63, 3.8) is 0 Å². The van der Waals surface area contributed by atoms with Gasteiger partial charge in [0, 0.05) is 26.1 Å². The van der Waals surface area contributed by atoms with Crippen molar-refractivity contribution in [2.45, 2.75) is 23.7 Å². The molecule has 7 nitrogen and oxygen atoms in total. The van der Waals surface area contributed by atoms with Gasteiger partial charge in [-0.1, -0.05) is 12.1 Å². The van der Waals surface area contributed by atoms with Crippen molar-refractivity contribution in [2.24, 2.45) is 0 Å². The van der Waals surface area contributed by atoms with Crippen molar-refractivity contribution >= 4 is 27.0 Å². The van der Waals surface area contributed by atoms with Crippen LogP contribution in [0.25, 0.3) is 11.1 Å². The minimum Gasteiger partial charge on any atom is -0.440 e. The largest absolute Gasteiger partial charge is 0.440 e. The van der Waals surface area contributed by atoms with Gasteiger partial charge in [0.05, 0.1) is 11.4 Å². The molecule has 0 N–H and O–H groups in total. The normalized spacial score (nSPS) is 15.8. The molecular formula is C21H22FN3O4S. The van der Waals surface area contributed by atoms with Crippen LogP contribution in [0.1, 0.15) is 24.7 Å². The fourth-order valence-electron chi connectivity index (χ4n) is 3.60. The minimum absolute atomic E-state index is 0.0473. The van der Waals surface area contributed by atoms with Crippen LogP contribution in [0.5, 0.6) is 0 Å². The summed E-state index contributed by atoms with van der Waals surface area (Å²) in [6.07, 6.45) is 1.40. The number of oxazole rings is 1. The first-order chi connectivity index (χ1) is 14.3. The van der Waals surface area contributed by atoms with Crippen molar-refractivity contribution in [1.29, 1.82) is 0 Å². The number of likely N-dealkylation sites (N-methyl/N-ethyl adjacent to an activating group) is 1. The number of likely N-dealkylation sites (tertiary alicyclic amines) is 1. The summed E-state index contributed by atoms with van der Waals surface area (Å²) in [6, 6.07) is 12.1. The predicted octanol–water partition coefficient (Wildman–Crippen LogP) is 2.99. The summed E-state index contributed by atoms with van der Waals surface area (Å²) in [6.45, 7) is 0.743. The summed E-state index contributed by atoms with van der Waals surface area (Å²) < 4.78 is 45.1. The van der Waals surface area contributed by atoms with Gasteiger partial charge in [0.1, 0.15) is 11.3 Å². The van der Waals surface area contributed by atoms with Gasteiger partial charge in [-0.2, -0.15) is 4.31 Å². The topological polar surface area (TPSA) is 83.7 Å². The highest BCUT2D eigenvalue weighted by Gasteiger charge is 2.29. The van der Waals surface area contributed by atoms with Crippen molar-refractivity contribution in [1.82, 2.24) is 14.2 Å². The Morgan fingerprint density at radius 1 is 1.17 bits per heavy atom. The smallest absolute Gasteiger partial charge is 0.243 e. The van der Waals surface area contributed by atoms with E-state index in [4.69, 9.17) is 4.42 Å². The number of nitrogens with zero attached hydrogens (tertiary/aromatic N) is 3. The molecule has 30 heavy (non-hydrogen) atoms. The van der Waals surface area contributed by atoms with Crippen LogP contribution in [-0.2, 0) is 14.8 Å². The molecule has 1 aliphatic heterocycles. The highest BCUT2D eigenvalue weighted by atomic mass is 32.2. The molecule has 4 rings (SSSR count). The van der Waals surface area contributed by atoms with E-state index in [2.05, 4.69) is 4.98 Å². The number of carbonyl (C=O) groups is 1. The monoisotopic (exact) mass is 431 g/mol. The molecule has 0 saturated carbocycles. The summed E-state index contributed by atoms with van der Waals surface area (Å²) >= 11 is 0. The average Bonchev–Trinajstić information content (AvgIpc) is 3.18. The van der Waals surface area contributed by atoms with Crippen LogP contribution in [0.4, 0.5) is 4.39 Å². The number of rotatable bonds is 5. The van der Waals surface area contributed by atoms with Crippen molar-refractivity contribution in [3.8, 4) is 0 Å². The Morgan fingerprint density at radius 3 is 2.50 bits per heavy atom. The molecule has 158 valence electrons. The third kappa shape index (κ3) is 4.08. The van der Waals surface area contributed by atoms with Gasteiger partial charge >= 0.3 is 0 Å². The molecule has 3 aromatic rings. The number of hydrogen-bond donors (Lipinski definition) is 0. The Kier molecular flexibility index (Phi) is 5.57. The number of amides is 1. The number of hydrogen-bond acceptors (Lipinski definition) is 5. The molecule has 0 radical (unpaired) electrons. The summed E-state index contributed by atoms with van der Waals surface area (Å²) in [4.78, 5) is 18.8. The van der Waals surface area contributed by atoms with Crippen LogP contribution in [-0.4, -0.2) is 55.2 Å². The van der Waals surface area contributed by atoms with Crippen LogP contribution in [0.3, 0.4) is 0 Å². The van der Waals surface area contributed by atoms with E-state index in [1.165, 1.54) is 19.2 Å². The van der Waals surface area contributed by atoms with Gasteiger partial charge in [-0.05, 0) is 49.2 Å². The lowest BCUT2D eigenvalue weighted by molar-refractivity contribution is -0.132. The lowest BCUT2D eigenvalue weighted by Crippen LogP contribution is -2.44. The number of carbonyl (C=O) groups excluding carboxylic acids is 1. The first kappa shape index (κ1) is 20.5. The molecule has 1 saturated heterocycles. The Morgan fingerprint density at radius 2 is 1.83 bits per heavy atom. The molecule has 0 unspecified atom stereocenters. The highest BCUT2D eigenvalue weighted by molar-refractivity contribution is 7.89. The maximum atomic E-state index is 13.1. The number of halogens is 1. The van der Waals surface area contributed by atoms with E-state index in [1.807, 2.05) is 24.3 Å². The zero-order valence-corrected chi connectivity index (χ0v) is 17.3. The fourth-order valence-corrected chi connectivity index (χ4v) is 4.72. The van der Waals surface area contributed by atoms with Gasteiger partial charge in [-0.3, -0.25) is 4.79 Å². The summed E-state index contributed by atoms with van der Waals surface area (Å²) in [5.41, 5.74) is 1.57. The Balaban J connectivity index is 1.36. The van der Waals surface area contributed by atoms with E-state index < -0.39 is 15.8 Å². The number of benzene rings is 2. The molecule has 0 spiro atoms. The molecule has 1 fully saturated rings. The standard InChI is InChI=1S/C21H22FN3O4S/c1-24(30(27,28)17-8-6-16(22)7-9-17)14-20(26)25-12-10-15(11-13-25)21-23-18-4-2-3-5-19(18)29-21/h2-9,15H,10-14H2,1H3. The van der Waals surface area contributed by atoms with Crippen molar-refractivity contribution < 1.29 is 22.0 Å². The van der Waals surface area contributed by atoms with E-state index >= 15 is 0 Å². The zero-order chi connectivity index (χ0) is 21.3. The van der Waals surface area contributed by atoms with Gasteiger partial charge < -0.3 is 9.32 Å². The second-order valence-electron chi connectivity index (χ2n) is 7.39. The molecule has 0 atom stereocenters. The quantitative estimate of drug-likeness (QED) is 0.620. The van der Waals surface area contributed by atoms with Gasteiger partial charge in [0.15, 0.2) is 11.5 Å². The molecule has 1 aliphatic rings. The van der Waals surface area contributed by atoms with Gasteiger partial charge in [-0.25, -0.2) is 17.8 Å². The Labute approximate surface area is 174 Å². The predicted molar refractivity (Wildman–Crippen MR) is 109 cm³/mol. The summed E-state index contributed by atoms with van der Waals surface area (Å²) in [7, 11) is -2.52. The van der Waals surface area contributed by atoms with E-state index in [9.17, 15) is 17.6 Å². The molecule has 1 amide bonds. The average molecular weight is 431 g/mol. The van der Waals surface area contributed by atoms with Gasteiger partial charge in [0.25, 0.3) is 0 Å². The first-order valence-corrected chi connectivity index (χ1v) is 11.1. The number of para-hydroxylation sites is 2. The number of aromatic nitrogens is 1. The van der Waals surface area contributed by atoms with Gasteiger partial charge in [-0.15, -0.1) is 0 Å². The lowest BCUT2D eigenvalue weighted by atomic mass is 9.97. The fraction of sp³-hybridized carbons (Fsp3) is 0.333. The molecule has 0 aliphatic carbocycles. The Bertz CT molecular complexity index is 1120. The molecule has 9 heteroatoms. The second-order valence-corrected chi connectivity index (χ2v) is 9.43. The van der Waals surface area contributed by atoms with Crippen LogP contribution in [0, 0.1) is 5.82 Å². The van der Waals surface area contributed by atoms with Crippen LogP contribution in [0.15, 0.2) is 57.8 Å². The second kappa shape index (κ2) is 8.16. The first-order valence-electron chi connectivity index (χ1n) is 9.70. The SMILES string of the molecule is CN(CC(=O)N1CCC(c2nc3ccccc3o2)CC1)S(=O)(=O)c1ccc(F)cc1. The van der Waals surface area contributed by atoms with Crippen molar-refractivity contribution in [2.75, 3.05) is 26.7 Å². The molecule has 2 heterocycles. The molecular weight excluding hydrogens is 409 g/mol. The summed E-state index contributed by atoms with van der Waals surface area (Å²) in [5, 5.41) is 0. The summed E-state index contributed by atoms with van der Waals surface area (Å²) in [5.74, 6) is 0.0233.